The predicted molar refractivity (Wildman–Crippen MR) is 67.5 cm³/mol. The summed E-state index contributed by atoms with van der Waals surface area (Å²) >= 11 is 0.886. The van der Waals surface area contributed by atoms with Crippen LogP contribution >= 0.6 is 11.3 Å². The Morgan fingerprint density at radius 2 is 2.06 bits per heavy atom. The Kier molecular flexibility index (Phi) is 3.57. The Labute approximate surface area is 110 Å². The number of hydrogen-bond donors (Lipinski definition) is 1. The van der Waals surface area contributed by atoms with E-state index in [4.69, 9.17) is 4.55 Å². The lowest BCUT2D eigenvalue weighted by molar-refractivity contribution is 0.485. The van der Waals surface area contributed by atoms with Crippen LogP contribution in [0.5, 0.6) is 0 Å². The van der Waals surface area contributed by atoms with Crippen molar-refractivity contribution >= 4 is 32.3 Å². The van der Waals surface area contributed by atoms with Crippen LogP contribution in [0.1, 0.15) is 0 Å². The largest absolute Gasteiger partial charge is 0.304 e. The smallest absolute Gasteiger partial charge is 0.281 e. The van der Waals surface area contributed by atoms with E-state index >= 15 is 0 Å². The summed E-state index contributed by atoms with van der Waals surface area (Å²) in [6.45, 7) is 0. The molecule has 0 aliphatic rings. The lowest BCUT2D eigenvalue weighted by Gasteiger charge is -1.98. The van der Waals surface area contributed by atoms with Gasteiger partial charge in [0.15, 0.2) is 0 Å². The summed E-state index contributed by atoms with van der Waals surface area (Å²) in [5.74, 6) is 0. The summed E-state index contributed by atoms with van der Waals surface area (Å²) in [5.41, 5.74) is 0.468. The second kappa shape index (κ2) is 4.84. The molecule has 2 aromatic heterocycles. The molecule has 1 N–H and O–H groups in total. The van der Waals surface area contributed by atoms with Gasteiger partial charge in [-0.3, -0.25) is 8.76 Å². The van der Waals surface area contributed by atoms with Crippen LogP contribution in [0.25, 0.3) is 10.6 Å². The minimum atomic E-state index is -4.20. The molecule has 1 unspecified atom stereocenters. The van der Waals surface area contributed by atoms with Gasteiger partial charge in [0.1, 0.15) is 4.21 Å². The molecule has 0 saturated carbocycles. The first kappa shape index (κ1) is 13.3. The second-order valence-electron chi connectivity index (χ2n) is 3.27. The van der Waals surface area contributed by atoms with Crippen LogP contribution < -0.4 is 0 Å². The number of aromatic nitrogens is 2. The molecule has 6 nitrogen and oxygen atoms in total. The van der Waals surface area contributed by atoms with Gasteiger partial charge in [0.25, 0.3) is 0 Å². The highest BCUT2D eigenvalue weighted by molar-refractivity contribution is 7.88. The van der Waals surface area contributed by atoms with Crippen molar-refractivity contribution in [1.82, 2.24) is 9.97 Å². The molecule has 1 atom stereocenters. The molecule has 0 saturated heterocycles. The molecular formula is C9H8N2O4S3. The number of nitrogens with zero attached hydrogens (tertiary/aromatic N) is 2. The fourth-order valence-electron chi connectivity index (χ4n) is 1.21. The summed E-state index contributed by atoms with van der Waals surface area (Å²) in [7, 11) is -5.51. The lowest BCUT2D eigenvalue weighted by Crippen LogP contribution is -1.96. The average molecular weight is 304 g/mol. The third kappa shape index (κ3) is 2.80. The zero-order chi connectivity index (χ0) is 13.3. The van der Waals surface area contributed by atoms with Crippen LogP contribution in [0.4, 0.5) is 0 Å². The quantitative estimate of drug-likeness (QED) is 0.675. The highest BCUT2D eigenvalue weighted by Gasteiger charge is 2.14. The minimum absolute atomic E-state index is 0.157. The van der Waals surface area contributed by atoms with E-state index in [9.17, 15) is 12.6 Å². The Hall–Kier alpha value is -1.16. The highest BCUT2D eigenvalue weighted by atomic mass is 32.3. The van der Waals surface area contributed by atoms with E-state index in [0.29, 0.717) is 10.6 Å². The van der Waals surface area contributed by atoms with E-state index in [0.717, 1.165) is 11.3 Å². The monoisotopic (exact) mass is 304 g/mol. The van der Waals surface area contributed by atoms with Crippen LogP contribution in [-0.4, -0.2) is 33.4 Å². The first-order valence-electron chi connectivity index (χ1n) is 4.62. The Bertz CT molecular complexity index is 708. The van der Waals surface area contributed by atoms with E-state index in [1.807, 2.05) is 0 Å². The molecular weight excluding hydrogens is 296 g/mol. The maximum absolute atomic E-state index is 11.2. The lowest BCUT2D eigenvalue weighted by atomic mass is 10.3. The van der Waals surface area contributed by atoms with Crippen LogP contribution in [-0.2, 0) is 20.9 Å². The van der Waals surface area contributed by atoms with E-state index in [2.05, 4.69) is 9.97 Å². The van der Waals surface area contributed by atoms with Crippen molar-refractivity contribution in [2.24, 2.45) is 0 Å². The number of hydrogen-bond acceptors (Lipinski definition) is 6. The zero-order valence-corrected chi connectivity index (χ0v) is 11.6. The van der Waals surface area contributed by atoms with Gasteiger partial charge in [-0.25, -0.2) is 9.97 Å². The van der Waals surface area contributed by atoms with Gasteiger partial charge < -0.3 is 0 Å². The van der Waals surface area contributed by atoms with Gasteiger partial charge in [0.05, 0.1) is 21.4 Å². The zero-order valence-electron chi connectivity index (χ0n) is 9.10. The molecule has 0 radical (unpaired) electrons. The van der Waals surface area contributed by atoms with Crippen molar-refractivity contribution in [3.63, 3.8) is 0 Å². The van der Waals surface area contributed by atoms with Crippen molar-refractivity contribution in [1.29, 1.82) is 0 Å². The molecule has 2 rings (SSSR count). The van der Waals surface area contributed by atoms with E-state index in [1.165, 1.54) is 24.6 Å². The van der Waals surface area contributed by atoms with Crippen molar-refractivity contribution in [3.8, 4) is 10.6 Å². The number of rotatable bonds is 3. The van der Waals surface area contributed by atoms with Crippen molar-refractivity contribution in [2.45, 2.75) is 9.37 Å². The summed E-state index contributed by atoms with van der Waals surface area (Å²) in [6, 6.07) is 4.40. The molecule has 2 aromatic rings. The van der Waals surface area contributed by atoms with Gasteiger partial charge in [-0.2, -0.15) is 8.42 Å². The molecule has 2 heterocycles. The van der Waals surface area contributed by atoms with Crippen LogP contribution in [0, 0.1) is 0 Å². The molecule has 0 bridgehead atoms. The van der Waals surface area contributed by atoms with Gasteiger partial charge in [-0.1, -0.05) is 0 Å². The van der Waals surface area contributed by atoms with Crippen LogP contribution in [0.2, 0.25) is 0 Å². The second-order valence-corrected chi connectivity index (χ2v) is 7.28. The molecule has 96 valence electrons. The Balaban J connectivity index is 2.46. The maximum Gasteiger partial charge on any atom is 0.304 e. The average Bonchev–Trinajstić information content (AvgIpc) is 2.78. The van der Waals surface area contributed by atoms with Crippen molar-refractivity contribution in [2.75, 3.05) is 6.26 Å². The van der Waals surface area contributed by atoms with Gasteiger partial charge in [-0.05, 0) is 18.2 Å². The van der Waals surface area contributed by atoms with Crippen molar-refractivity contribution < 1.29 is 17.2 Å². The number of thiophene rings is 1. The van der Waals surface area contributed by atoms with E-state index in [1.54, 1.807) is 6.07 Å². The first-order chi connectivity index (χ1) is 8.38. The standard InChI is InChI=1S/C9H8N2O4S3/c1-17(12)9-10-5-4-6(11-9)7-2-3-8(16-7)18(13,14)15/h2-5H,1H3,(H,13,14,15). The molecule has 18 heavy (non-hydrogen) atoms. The third-order valence-electron chi connectivity index (χ3n) is 1.98. The fourth-order valence-corrected chi connectivity index (χ4v) is 3.29. The normalized spacial score (nSPS) is 13.4. The molecule has 0 fully saturated rings. The minimum Gasteiger partial charge on any atom is -0.281 e. The molecule has 0 aromatic carbocycles. The SMILES string of the molecule is CS(=O)c1nccc(-c2ccc(S(=O)(=O)O)s2)n1. The van der Waals surface area contributed by atoms with E-state index < -0.39 is 20.9 Å². The molecule has 0 spiro atoms. The van der Waals surface area contributed by atoms with Gasteiger partial charge >= 0.3 is 10.1 Å². The predicted octanol–water partition coefficient (Wildman–Crippen LogP) is 1.19. The summed E-state index contributed by atoms with van der Waals surface area (Å²) in [4.78, 5) is 8.46. The van der Waals surface area contributed by atoms with Gasteiger partial charge in [0.2, 0.25) is 5.16 Å². The van der Waals surface area contributed by atoms with Gasteiger partial charge in [0, 0.05) is 12.5 Å². The third-order valence-corrected chi connectivity index (χ3v) is 5.12. The van der Waals surface area contributed by atoms with Gasteiger partial charge in [-0.15, -0.1) is 11.3 Å². The Morgan fingerprint density at radius 3 is 2.61 bits per heavy atom. The van der Waals surface area contributed by atoms with Crippen molar-refractivity contribution in [3.05, 3.63) is 24.4 Å². The molecule has 0 aliphatic carbocycles. The van der Waals surface area contributed by atoms with Crippen LogP contribution in [0.3, 0.4) is 0 Å². The highest BCUT2D eigenvalue weighted by Crippen LogP contribution is 2.29. The first-order valence-corrected chi connectivity index (χ1v) is 8.43. The fraction of sp³-hybridized carbons (Fsp3) is 0.111. The summed E-state index contributed by atoms with van der Waals surface area (Å²) in [6.07, 6.45) is 2.91. The Morgan fingerprint density at radius 1 is 1.33 bits per heavy atom. The maximum atomic E-state index is 11.2. The van der Waals surface area contributed by atoms with Crippen LogP contribution in [0.15, 0.2) is 33.8 Å². The summed E-state index contributed by atoms with van der Waals surface area (Å²) in [5, 5.41) is 0.175. The topological polar surface area (TPSA) is 97.2 Å². The molecule has 9 heteroatoms. The van der Waals surface area contributed by atoms with E-state index in [-0.39, 0.29) is 9.37 Å². The molecule has 0 aliphatic heterocycles. The summed E-state index contributed by atoms with van der Waals surface area (Å²) < 4.78 is 41.9. The molecule has 0 amide bonds.